The van der Waals surface area contributed by atoms with Gasteiger partial charge in [-0.2, -0.15) is 23.5 Å². The van der Waals surface area contributed by atoms with Crippen molar-refractivity contribution in [2.24, 2.45) is 0 Å². The predicted octanol–water partition coefficient (Wildman–Crippen LogP) is 0.212. The summed E-state index contributed by atoms with van der Waals surface area (Å²) >= 11 is 4.14. The minimum absolute atomic E-state index is 0.184. The smallest absolute Gasteiger partial charge is 0.0834 e. The van der Waals surface area contributed by atoms with Gasteiger partial charge >= 0.3 is 0 Å². The van der Waals surface area contributed by atoms with E-state index in [1.54, 1.807) is 0 Å². The van der Waals surface area contributed by atoms with Crippen molar-refractivity contribution in [3.63, 3.8) is 0 Å². The molecule has 0 aromatic heterocycles. The van der Waals surface area contributed by atoms with Gasteiger partial charge in [-0.25, -0.2) is 0 Å². The van der Waals surface area contributed by atoms with E-state index in [1.807, 2.05) is 0 Å². The van der Waals surface area contributed by atoms with Crippen LogP contribution >= 0.6 is 23.5 Å². The van der Waals surface area contributed by atoms with Crippen LogP contribution in [0, 0.1) is 0 Å². The van der Waals surface area contributed by atoms with Crippen LogP contribution in [0.5, 0.6) is 0 Å². The molecule has 110 valence electrons. The van der Waals surface area contributed by atoms with Crippen LogP contribution in [0.1, 0.15) is 0 Å². The van der Waals surface area contributed by atoms with Crippen LogP contribution in [-0.4, -0.2) is 95.5 Å². The van der Waals surface area contributed by atoms with Gasteiger partial charge in [-0.1, -0.05) is 0 Å². The van der Waals surface area contributed by atoms with E-state index in [2.05, 4.69) is 33.3 Å². The number of morpholine rings is 1. The third-order valence-corrected chi connectivity index (χ3v) is 6.80. The molecule has 3 saturated heterocycles. The highest BCUT2D eigenvalue weighted by Gasteiger charge is 2.38. The lowest BCUT2D eigenvalue weighted by Crippen LogP contribution is -2.49. The Morgan fingerprint density at radius 1 is 0.947 bits per heavy atom. The Kier molecular flexibility index (Phi) is 5.34. The van der Waals surface area contributed by atoms with E-state index in [0.717, 1.165) is 39.4 Å². The molecule has 0 aromatic carbocycles. The number of rotatable bonds is 2. The molecule has 3 heterocycles. The fourth-order valence-corrected chi connectivity index (χ4v) is 5.81. The van der Waals surface area contributed by atoms with Gasteiger partial charge in [0.25, 0.3) is 0 Å². The van der Waals surface area contributed by atoms with Crippen molar-refractivity contribution in [1.29, 1.82) is 0 Å². The highest BCUT2D eigenvalue weighted by molar-refractivity contribution is 8.03. The van der Waals surface area contributed by atoms with Gasteiger partial charge in [-0.15, -0.1) is 0 Å². The average Bonchev–Trinajstić information content (AvgIpc) is 2.67. The molecule has 19 heavy (non-hydrogen) atoms. The van der Waals surface area contributed by atoms with E-state index in [0.29, 0.717) is 12.1 Å². The van der Waals surface area contributed by atoms with E-state index >= 15 is 0 Å². The van der Waals surface area contributed by atoms with Crippen LogP contribution in [0.2, 0.25) is 0 Å². The molecule has 0 spiro atoms. The van der Waals surface area contributed by atoms with E-state index in [1.165, 1.54) is 23.0 Å². The number of aliphatic hydroxyl groups is 1. The maximum Gasteiger partial charge on any atom is 0.0834 e. The maximum atomic E-state index is 10.4. The lowest BCUT2D eigenvalue weighted by Gasteiger charge is -2.34. The maximum absolute atomic E-state index is 10.4. The normalized spacial score (nSPS) is 36.5. The number of hydrogen-bond donors (Lipinski definition) is 1. The SMILES string of the molecule is O[C@H]1CN(C2CSCCSC2)C[C@@H]1N1CCOCC1. The average molecular weight is 304 g/mol. The number of likely N-dealkylation sites (tertiary alicyclic amines) is 1. The topological polar surface area (TPSA) is 35.9 Å². The molecule has 0 aliphatic carbocycles. The highest BCUT2D eigenvalue weighted by atomic mass is 32.2. The first-order chi connectivity index (χ1) is 9.34. The van der Waals surface area contributed by atoms with E-state index in [9.17, 15) is 5.11 Å². The van der Waals surface area contributed by atoms with Crippen molar-refractivity contribution in [3.05, 3.63) is 0 Å². The first-order valence-corrected chi connectivity index (χ1v) is 9.55. The Morgan fingerprint density at radius 2 is 1.63 bits per heavy atom. The molecule has 0 radical (unpaired) electrons. The summed E-state index contributed by atoms with van der Waals surface area (Å²) in [6.45, 7) is 5.48. The molecule has 4 nitrogen and oxygen atoms in total. The number of aliphatic hydroxyl groups excluding tert-OH is 1. The fraction of sp³-hybridized carbons (Fsp3) is 1.00. The zero-order valence-corrected chi connectivity index (χ0v) is 13.0. The minimum atomic E-state index is -0.184. The van der Waals surface area contributed by atoms with Gasteiger partial charge in [0.15, 0.2) is 0 Å². The first-order valence-electron chi connectivity index (χ1n) is 7.24. The molecule has 3 aliphatic rings. The Bertz CT molecular complexity index is 282. The zero-order valence-electron chi connectivity index (χ0n) is 11.4. The summed E-state index contributed by atoms with van der Waals surface area (Å²) in [6, 6.07) is 0.973. The molecular formula is C13H24N2O2S2. The van der Waals surface area contributed by atoms with Crippen molar-refractivity contribution < 1.29 is 9.84 Å². The molecule has 0 unspecified atom stereocenters. The van der Waals surface area contributed by atoms with Crippen molar-refractivity contribution in [2.45, 2.75) is 18.2 Å². The summed E-state index contributed by atoms with van der Waals surface area (Å²) in [4.78, 5) is 4.95. The Labute approximate surface area is 124 Å². The zero-order chi connectivity index (χ0) is 13.1. The summed E-state index contributed by atoms with van der Waals surface area (Å²) in [5, 5.41) is 10.4. The first kappa shape index (κ1) is 14.5. The second-order valence-electron chi connectivity index (χ2n) is 5.54. The quantitative estimate of drug-likeness (QED) is 0.786. The summed E-state index contributed by atoms with van der Waals surface area (Å²) in [5.74, 6) is 5.03. The van der Waals surface area contributed by atoms with Gasteiger partial charge in [-0.05, 0) is 0 Å². The van der Waals surface area contributed by atoms with Crippen molar-refractivity contribution >= 4 is 23.5 Å². The molecule has 2 atom stereocenters. The molecule has 6 heteroatoms. The second-order valence-corrected chi connectivity index (χ2v) is 7.84. The van der Waals surface area contributed by atoms with E-state index < -0.39 is 0 Å². The lowest BCUT2D eigenvalue weighted by molar-refractivity contribution is -0.00621. The van der Waals surface area contributed by atoms with E-state index in [4.69, 9.17) is 4.74 Å². The van der Waals surface area contributed by atoms with Crippen LogP contribution in [0.25, 0.3) is 0 Å². The van der Waals surface area contributed by atoms with Gasteiger partial charge in [0.2, 0.25) is 0 Å². The lowest BCUT2D eigenvalue weighted by atomic mass is 10.1. The highest BCUT2D eigenvalue weighted by Crippen LogP contribution is 2.25. The summed E-state index contributed by atoms with van der Waals surface area (Å²) in [5.41, 5.74) is 0. The number of thioether (sulfide) groups is 2. The molecule has 3 aliphatic heterocycles. The van der Waals surface area contributed by atoms with Crippen molar-refractivity contribution in [2.75, 3.05) is 62.4 Å². The van der Waals surface area contributed by atoms with Gasteiger partial charge in [-0.3, -0.25) is 9.80 Å². The van der Waals surface area contributed by atoms with Gasteiger partial charge < -0.3 is 9.84 Å². The van der Waals surface area contributed by atoms with Crippen LogP contribution in [0.3, 0.4) is 0 Å². The molecular weight excluding hydrogens is 280 g/mol. The van der Waals surface area contributed by atoms with Crippen LogP contribution < -0.4 is 0 Å². The third kappa shape index (κ3) is 3.60. The second kappa shape index (κ2) is 7.00. The summed E-state index contributed by atoms with van der Waals surface area (Å²) in [7, 11) is 0. The fourth-order valence-electron chi connectivity index (χ4n) is 3.18. The molecule has 3 fully saturated rings. The molecule has 1 N–H and O–H groups in total. The van der Waals surface area contributed by atoms with Crippen LogP contribution in [0.4, 0.5) is 0 Å². The standard InChI is InChI=1S/C13H24N2O2S2/c16-13-8-15(11-9-18-5-6-19-10-11)7-12(13)14-1-3-17-4-2-14/h11-13,16H,1-10H2/t12-,13-/m0/s1. The number of β-amino-alcohol motifs (C(OH)–C–C–N with tert-alkyl or cyclic N) is 1. The van der Waals surface area contributed by atoms with Crippen LogP contribution in [-0.2, 0) is 4.74 Å². The van der Waals surface area contributed by atoms with Crippen molar-refractivity contribution in [1.82, 2.24) is 9.80 Å². The number of ether oxygens (including phenoxy) is 1. The molecule has 0 aromatic rings. The van der Waals surface area contributed by atoms with Gasteiger partial charge in [0.1, 0.15) is 0 Å². The Morgan fingerprint density at radius 3 is 2.32 bits per heavy atom. The summed E-state index contributed by atoms with van der Waals surface area (Å²) in [6.07, 6.45) is -0.184. The van der Waals surface area contributed by atoms with Crippen molar-refractivity contribution in [3.8, 4) is 0 Å². The monoisotopic (exact) mass is 304 g/mol. The number of nitrogens with zero attached hydrogens (tertiary/aromatic N) is 2. The predicted molar refractivity (Wildman–Crippen MR) is 82.2 cm³/mol. The Balaban J connectivity index is 1.57. The Hall–Kier alpha value is 0.540. The van der Waals surface area contributed by atoms with E-state index in [-0.39, 0.29) is 6.10 Å². The van der Waals surface area contributed by atoms with Gasteiger partial charge in [0, 0.05) is 61.3 Å². The molecule has 3 rings (SSSR count). The largest absolute Gasteiger partial charge is 0.390 e. The van der Waals surface area contributed by atoms with Gasteiger partial charge in [0.05, 0.1) is 19.3 Å². The minimum Gasteiger partial charge on any atom is -0.390 e. The third-order valence-electron chi connectivity index (χ3n) is 4.31. The molecule has 0 amide bonds. The molecule has 0 bridgehead atoms. The number of hydrogen-bond acceptors (Lipinski definition) is 6. The summed E-state index contributed by atoms with van der Waals surface area (Å²) < 4.78 is 5.41. The van der Waals surface area contributed by atoms with Crippen LogP contribution in [0.15, 0.2) is 0 Å². The molecule has 0 saturated carbocycles.